The third kappa shape index (κ3) is 3.01. The summed E-state index contributed by atoms with van der Waals surface area (Å²) in [5, 5.41) is 3.64. The molecule has 1 N–H and O–H groups in total. The highest BCUT2D eigenvalue weighted by molar-refractivity contribution is 5.41. The van der Waals surface area contributed by atoms with E-state index in [0.717, 1.165) is 37.2 Å². The smallest absolute Gasteiger partial charge is 0.122 e. The lowest BCUT2D eigenvalue weighted by Crippen LogP contribution is -2.33. The molecule has 2 nitrogen and oxygen atoms in total. The third-order valence-electron chi connectivity index (χ3n) is 4.84. The Morgan fingerprint density at radius 2 is 2.10 bits per heavy atom. The number of hydrogen-bond donors (Lipinski definition) is 1. The van der Waals surface area contributed by atoms with Gasteiger partial charge >= 0.3 is 0 Å². The van der Waals surface area contributed by atoms with Crippen LogP contribution in [-0.4, -0.2) is 19.2 Å². The highest BCUT2D eigenvalue weighted by Gasteiger charge is 2.27. The molecule has 2 unspecified atom stereocenters. The molecule has 1 aromatic rings. The fourth-order valence-electron chi connectivity index (χ4n) is 3.72. The van der Waals surface area contributed by atoms with Crippen LogP contribution in [0, 0.1) is 5.92 Å². The molecule has 0 aromatic heterocycles. The van der Waals surface area contributed by atoms with Crippen molar-refractivity contribution in [2.75, 3.05) is 13.2 Å². The van der Waals surface area contributed by atoms with Gasteiger partial charge < -0.3 is 10.1 Å². The summed E-state index contributed by atoms with van der Waals surface area (Å²) in [6, 6.07) is 7.51. The first kappa shape index (κ1) is 13.9. The number of hydrogen-bond acceptors (Lipinski definition) is 2. The molecule has 0 bridgehead atoms. The van der Waals surface area contributed by atoms with Crippen LogP contribution < -0.4 is 10.1 Å². The molecule has 0 spiro atoms. The summed E-state index contributed by atoms with van der Waals surface area (Å²) in [5.74, 6) is 2.65. The largest absolute Gasteiger partial charge is 0.493 e. The molecule has 0 amide bonds. The zero-order valence-electron chi connectivity index (χ0n) is 12.8. The Labute approximate surface area is 122 Å². The fourth-order valence-corrected chi connectivity index (χ4v) is 3.72. The average Bonchev–Trinajstić information content (AvgIpc) is 2.92. The van der Waals surface area contributed by atoms with Gasteiger partial charge in [-0.05, 0) is 48.4 Å². The molecule has 110 valence electrons. The molecule has 1 saturated carbocycles. The molecule has 2 heteroatoms. The minimum atomic E-state index is 0.589. The Morgan fingerprint density at radius 1 is 1.25 bits per heavy atom. The van der Waals surface area contributed by atoms with Crippen molar-refractivity contribution in [3.8, 4) is 5.75 Å². The number of fused-ring (bicyclic) bond motifs is 1. The van der Waals surface area contributed by atoms with Crippen molar-refractivity contribution in [1.29, 1.82) is 0 Å². The second kappa shape index (κ2) is 6.17. The zero-order valence-corrected chi connectivity index (χ0v) is 12.8. The lowest BCUT2D eigenvalue weighted by atomic mass is 9.75. The Balaban J connectivity index is 1.75. The van der Waals surface area contributed by atoms with Crippen LogP contribution in [0.4, 0.5) is 0 Å². The van der Waals surface area contributed by atoms with Crippen molar-refractivity contribution >= 4 is 0 Å². The van der Waals surface area contributed by atoms with E-state index in [1.54, 1.807) is 5.56 Å². The first-order valence-corrected chi connectivity index (χ1v) is 8.23. The Bertz CT molecular complexity index is 455. The minimum Gasteiger partial charge on any atom is -0.493 e. The van der Waals surface area contributed by atoms with E-state index < -0.39 is 0 Å². The van der Waals surface area contributed by atoms with E-state index in [-0.39, 0.29) is 0 Å². The first-order valence-electron chi connectivity index (χ1n) is 8.23. The van der Waals surface area contributed by atoms with Gasteiger partial charge in [0.25, 0.3) is 0 Å². The fraction of sp³-hybridized carbons (Fsp3) is 0.667. The first-order chi connectivity index (χ1) is 9.74. The number of ether oxygens (including phenoxy) is 1. The molecule has 20 heavy (non-hydrogen) atoms. The summed E-state index contributed by atoms with van der Waals surface area (Å²) < 4.78 is 5.63. The second-order valence-corrected chi connectivity index (χ2v) is 6.68. The van der Waals surface area contributed by atoms with Crippen LogP contribution in [0.3, 0.4) is 0 Å². The van der Waals surface area contributed by atoms with E-state index in [1.165, 1.54) is 31.2 Å². The maximum atomic E-state index is 5.63. The summed E-state index contributed by atoms with van der Waals surface area (Å²) >= 11 is 0. The topological polar surface area (TPSA) is 21.3 Å². The van der Waals surface area contributed by atoms with Gasteiger partial charge in [0.15, 0.2) is 0 Å². The Hall–Kier alpha value is -1.02. The van der Waals surface area contributed by atoms with Gasteiger partial charge in [-0.25, -0.2) is 0 Å². The van der Waals surface area contributed by atoms with Crippen LogP contribution in [0.25, 0.3) is 0 Å². The molecular formula is C18H27NO. The third-order valence-corrected chi connectivity index (χ3v) is 4.84. The van der Waals surface area contributed by atoms with Crippen LogP contribution in [0.2, 0.25) is 0 Å². The van der Waals surface area contributed by atoms with Crippen molar-refractivity contribution < 1.29 is 4.74 Å². The molecule has 1 aliphatic carbocycles. The molecule has 1 fully saturated rings. The average molecular weight is 273 g/mol. The van der Waals surface area contributed by atoms with Crippen molar-refractivity contribution in [2.45, 2.75) is 57.9 Å². The van der Waals surface area contributed by atoms with Crippen LogP contribution in [0.15, 0.2) is 18.2 Å². The standard InChI is InChI=1S/C18H27NO/c1-13(2)19-12-16-5-3-4-6-17(16)14-7-8-18-15(11-14)9-10-20-18/h7-8,11,13,16-17,19H,3-6,9-10,12H2,1-2H3. The van der Waals surface area contributed by atoms with Crippen molar-refractivity contribution in [3.63, 3.8) is 0 Å². The molecule has 1 heterocycles. The molecule has 3 rings (SSSR count). The van der Waals surface area contributed by atoms with E-state index in [4.69, 9.17) is 4.74 Å². The van der Waals surface area contributed by atoms with Gasteiger partial charge in [-0.2, -0.15) is 0 Å². The Kier molecular flexibility index (Phi) is 4.30. The summed E-state index contributed by atoms with van der Waals surface area (Å²) in [4.78, 5) is 0. The lowest BCUT2D eigenvalue weighted by molar-refractivity contribution is 0.289. The molecular weight excluding hydrogens is 246 g/mol. The van der Waals surface area contributed by atoms with Gasteiger partial charge in [-0.3, -0.25) is 0 Å². The lowest BCUT2D eigenvalue weighted by Gasteiger charge is -2.33. The van der Waals surface area contributed by atoms with E-state index in [9.17, 15) is 0 Å². The van der Waals surface area contributed by atoms with E-state index in [0.29, 0.717) is 6.04 Å². The van der Waals surface area contributed by atoms with Gasteiger partial charge in [0.1, 0.15) is 5.75 Å². The van der Waals surface area contributed by atoms with Crippen LogP contribution >= 0.6 is 0 Å². The van der Waals surface area contributed by atoms with Crippen LogP contribution in [0.5, 0.6) is 5.75 Å². The molecule has 1 aromatic carbocycles. The molecule has 0 radical (unpaired) electrons. The monoisotopic (exact) mass is 273 g/mol. The number of rotatable bonds is 4. The second-order valence-electron chi connectivity index (χ2n) is 6.68. The van der Waals surface area contributed by atoms with Crippen LogP contribution in [-0.2, 0) is 6.42 Å². The van der Waals surface area contributed by atoms with Crippen LogP contribution in [0.1, 0.15) is 56.6 Å². The van der Waals surface area contributed by atoms with E-state index in [1.807, 2.05) is 0 Å². The predicted octanol–water partition coefficient (Wildman–Crippen LogP) is 3.89. The van der Waals surface area contributed by atoms with Gasteiger partial charge in [0, 0.05) is 12.5 Å². The number of nitrogens with one attached hydrogen (secondary N) is 1. The van der Waals surface area contributed by atoms with Crippen molar-refractivity contribution in [1.82, 2.24) is 5.32 Å². The van der Waals surface area contributed by atoms with Crippen molar-refractivity contribution in [3.05, 3.63) is 29.3 Å². The molecule has 2 aliphatic rings. The van der Waals surface area contributed by atoms with E-state index in [2.05, 4.69) is 37.4 Å². The SMILES string of the molecule is CC(C)NCC1CCCCC1c1ccc2c(c1)CCO2. The quantitative estimate of drug-likeness (QED) is 0.898. The number of benzene rings is 1. The predicted molar refractivity (Wildman–Crippen MR) is 83.5 cm³/mol. The molecule has 1 aliphatic heterocycles. The Morgan fingerprint density at radius 3 is 2.95 bits per heavy atom. The van der Waals surface area contributed by atoms with Gasteiger partial charge in [-0.15, -0.1) is 0 Å². The highest BCUT2D eigenvalue weighted by atomic mass is 16.5. The minimum absolute atomic E-state index is 0.589. The van der Waals surface area contributed by atoms with Gasteiger partial charge in [0.2, 0.25) is 0 Å². The zero-order chi connectivity index (χ0) is 13.9. The summed E-state index contributed by atoms with van der Waals surface area (Å²) in [6.07, 6.45) is 6.60. The van der Waals surface area contributed by atoms with E-state index >= 15 is 0 Å². The van der Waals surface area contributed by atoms with Crippen molar-refractivity contribution in [2.24, 2.45) is 5.92 Å². The maximum Gasteiger partial charge on any atom is 0.122 e. The van der Waals surface area contributed by atoms with Gasteiger partial charge in [-0.1, -0.05) is 38.8 Å². The summed E-state index contributed by atoms with van der Waals surface area (Å²) in [6.45, 7) is 6.51. The molecule has 2 atom stereocenters. The highest BCUT2D eigenvalue weighted by Crippen LogP contribution is 2.39. The van der Waals surface area contributed by atoms with Gasteiger partial charge in [0.05, 0.1) is 6.61 Å². The maximum absolute atomic E-state index is 5.63. The summed E-state index contributed by atoms with van der Waals surface area (Å²) in [5.41, 5.74) is 2.97. The molecule has 0 saturated heterocycles. The summed E-state index contributed by atoms with van der Waals surface area (Å²) in [7, 11) is 0. The normalized spacial score (nSPS) is 25.6.